The molecule has 0 saturated carbocycles. The summed E-state index contributed by atoms with van der Waals surface area (Å²) in [7, 11) is -3.60. The van der Waals surface area contributed by atoms with Gasteiger partial charge in [-0.1, -0.05) is 19.1 Å². The summed E-state index contributed by atoms with van der Waals surface area (Å²) in [5.41, 5.74) is 0.863. The van der Waals surface area contributed by atoms with Crippen molar-refractivity contribution in [3.05, 3.63) is 65.5 Å². The van der Waals surface area contributed by atoms with Gasteiger partial charge in [-0.25, -0.2) is 17.6 Å². The van der Waals surface area contributed by atoms with Gasteiger partial charge >= 0.3 is 5.97 Å². The van der Waals surface area contributed by atoms with Gasteiger partial charge in [0.1, 0.15) is 5.82 Å². The number of amides is 1. The summed E-state index contributed by atoms with van der Waals surface area (Å²) in [5.74, 6) is -1.10. The summed E-state index contributed by atoms with van der Waals surface area (Å²) in [5, 5.41) is 2.67. The van der Waals surface area contributed by atoms with Gasteiger partial charge in [-0.15, -0.1) is 0 Å². The fourth-order valence-electron chi connectivity index (χ4n) is 3.47. The van der Waals surface area contributed by atoms with Crippen molar-refractivity contribution in [2.75, 3.05) is 19.7 Å². The minimum Gasteiger partial charge on any atom is -0.452 e. The number of benzene rings is 2. The first-order chi connectivity index (χ1) is 15.2. The molecule has 3 rings (SSSR count). The number of nitrogens with zero attached hydrogens (tertiary/aromatic N) is 1. The van der Waals surface area contributed by atoms with Crippen LogP contribution in [0.25, 0.3) is 0 Å². The molecule has 1 fully saturated rings. The van der Waals surface area contributed by atoms with Crippen molar-refractivity contribution < 1.29 is 27.1 Å². The van der Waals surface area contributed by atoms with Gasteiger partial charge in [0.15, 0.2) is 6.61 Å². The number of piperidine rings is 1. The van der Waals surface area contributed by atoms with Crippen molar-refractivity contribution in [2.24, 2.45) is 5.92 Å². The molecule has 0 spiro atoms. The molecule has 1 atom stereocenters. The Kier molecular flexibility index (Phi) is 7.63. The van der Waals surface area contributed by atoms with Gasteiger partial charge in [-0.05, 0) is 67.6 Å². The third-order valence-corrected chi connectivity index (χ3v) is 7.47. The molecule has 2 aromatic carbocycles. The molecule has 1 N–H and O–H groups in total. The van der Waals surface area contributed by atoms with E-state index in [-0.39, 0.29) is 22.3 Å². The Hall–Kier alpha value is -2.78. The molecule has 1 unspecified atom stereocenters. The molecule has 7 nitrogen and oxygen atoms in total. The molecule has 172 valence electrons. The highest BCUT2D eigenvalue weighted by molar-refractivity contribution is 7.89. The summed E-state index contributed by atoms with van der Waals surface area (Å²) >= 11 is 0. The highest BCUT2D eigenvalue weighted by Crippen LogP contribution is 2.23. The maximum atomic E-state index is 13.0. The van der Waals surface area contributed by atoms with Crippen LogP contribution in [0.4, 0.5) is 4.39 Å². The van der Waals surface area contributed by atoms with Gasteiger partial charge in [-0.2, -0.15) is 4.31 Å². The fourth-order valence-corrected chi connectivity index (χ4v) is 4.94. The van der Waals surface area contributed by atoms with Crippen LogP contribution < -0.4 is 5.32 Å². The van der Waals surface area contributed by atoms with Crippen LogP contribution >= 0.6 is 0 Å². The first kappa shape index (κ1) is 23.9. The highest BCUT2D eigenvalue weighted by Gasteiger charge is 2.28. The van der Waals surface area contributed by atoms with Crippen LogP contribution in [0.5, 0.6) is 0 Å². The van der Waals surface area contributed by atoms with Gasteiger partial charge in [0.05, 0.1) is 16.5 Å². The van der Waals surface area contributed by atoms with Crippen molar-refractivity contribution in [3.8, 4) is 0 Å². The maximum Gasteiger partial charge on any atom is 0.338 e. The molecule has 32 heavy (non-hydrogen) atoms. The van der Waals surface area contributed by atoms with Crippen molar-refractivity contribution in [3.63, 3.8) is 0 Å². The number of esters is 1. The summed E-state index contributed by atoms with van der Waals surface area (Å²) < 4.78 is 45.0. The minimum absolute atomic E-state index is 0.120. The molecule has 0 aliphatic carbocycles. The Morgan fingerprint density at radius 1 is 1.09 bits per heavy atom. The van der Waals surface area contributed by atoms with Gasteiger partial charge in [-0.3, -0.25) is 4.79 Å². The number of rotatable bonds is 7. The molecule has 0 bridgehead atoms. The number of carbonyl (C=O) groups excluding carboxylic acids is 2. The molecular weight excluding hydrogens is 435 g/mol. The van der Waals surface area contributed by atoms with Crippen molar-refractivity contribution >= 4 is 21.9 Å². The minimum atomic E-state index is -3.60. The molecule has 1 saturated heterocycles. The quantitative estimate of drug-likeness (QED) is 0.638. The van der Waals surface area contributed by atoms with Crippen LogP contribution in [0, 0.1) is 11.7 Å². The maximum absolute atomic E-state index is 13.0. The molecule has 1 amide bonds. The first-order valence-electron chi connectivity index (χ1n) is 10.5. The second-order valence-corrected chi connectivity index (χ2v) is 9.97. The normalized spacial score (nSPS) is 16.3. The van der Waals surface area contributed by atoms with Gasteiger partial charge in [0, 0.05) is 13.1 Å². The zero-order valence-corrected chi connectivity index (χ0v) is 18.9. The van der Waals surface area contributed by atoms with Gasteiger partial charge in [0.2, 0.25) is 10.0 Å². The lowest BCUT2D eigenvalue weighted by Crippen LogP contribution is -2.37. The van der Waals surface area contributed by atoms with Crippen LogP contribution in [-0.2, 0) is 19.6 Å². The monoisotopic (exact) mass is 462 g/mol. The zero-order chi connectivity index (χ0) is 23.3. The number of carbonyl (C=O) groups is 2. The largest absolute Gasteiger partial charge is 0.452 e. The first-order valence-corrected chi connectivity index (χ1v) is 11.9. The molecular formula is C23H27FN2O5S. The summed E-state index contributed by atoms with van der Waals surface area (Å²) in [6.45, 7) is 4.32. The lowest BCUT2D eigenvalue weighted by Gasteiger charge is -2.29. The second-order valence-electron chi connectivity index (χ2n) is 8.03. The lowest BCUT2D eigenvalue weighted by atomic mass is 10.0. The van der Waals surface area contributed by atoms with E-state index in [2.05, 4.69) is 12.2 Å². The lowest BCUT2D eigenvalue weighted by molar-refractivity contribution is -0.124. The average molecular weight is 463 g/mol. The molecule has 0 radical (unpaired) electrons. The Morgan fingerprint density at radius 3 is 2.28 bits per heavy atom. The van der Waals surface area contributed by atoms with E-state index in [4.69, 9.17) is 4.74 Å². The standard InChI is InChI=1S/C23H27FN2O5S/c1-16-11-13-26(14-12-16)32(29,30)21-9-5-19(6-10-21)23(28)31-15-22(27)25-17(2)18-3-7-20(24)8-4-18/h3-10,16-17H,11-15H2,1-2H3,(H,25,27). The van der Waals surface area contributed by atoms with E-state index in [9.17, 15) is 22.4 Å². The van der Waals surface area contributed by atoms with Gasteiger partial charge < -0.3 is 10.1 Å². The Balaban J connectivity index is 1.53. The van der Waals surface area contributed by atoms with Crippen molar-refractivity contribution in [1.82, 2.24) is 9.62 Å². The predicted molar refractivity (Wildman–Crippen MR) is 117 cm³/mol. The van der Waals surface area contributed by atoms with E-state index in [1.165, 1.54) is 40.7 Å². The third-order valence-electron chi connectivity index (χ3n) is 5.55. The molecule has 9 heteroatoms. The highest BCUT2D eigenvalue weighted by atomic mass is 32.2. The number of hydrogen-bond donors (Lipinski definition) is 1. The van der Waals surface area contributed by atoms with E-state index in [1.54, 1.807) is 19.1 Å². The van der Waals surface area contributed by atoms with Crippen LogP contribution in [-0.4, -0.2) is 44.3 Å². The zero-order valence-electron chi connectivity index (χ0n) is 18.1. The van der Waals surface area contributed by atoms with E-state index >= 15 is 0 Å². The number of nitrogens with one attached hydrogen (secondary N) is 1. The van der Waals surface area contributed by atoms with Crippen LogP contribution in [0.15, 0.2) is 53.4 Å². The van der Waals surface area contributed by atoms with Crippen LogP contribution in [0.3, 0.4) is 0 Å². The molecule has 2 aromatic rings. The number of ether oxygens (including phenoxy) is 1. The summed E-state index contributed by atoms with van der Waals surface area (Å²) in [6, 6.07) is 10.8. The SMILES string of the molecule is CC1CCN(S(=O)(=O)c2ccc(C(=O)OCC(=O)NC(C)c3ccc(F)cc3)cc2)CC1. The molecule has 1 aliphatic rings. The molecule has 0 aromatic heterocycles. The third kappa shape index (κ3) is 5.92. The predicted octanol–water partition coefficient (Wildman–Crippen LogP) is 3.28. The van der Waals surface area contributed by atoms with E-state index in [1.807, 2.05) is 0 Å². The molecule has 1 heterocycles. The van der Waals surface area contributed by atoms with Crippen molar-refractivity contribution in [1.29, 1.82) is 0 Å². The van der Waals surface area contributed by atoms with E-state index in [0.717, 1.165) is 12.8 Å². The Morgan fingerprint density at radius 2 is 1.69 bits per heavy atom. The fraction of sp³-hybridized carbons (Fsp3) is 0.391. The number of sulfonamides is 1. The second kappa shape index (κ2) is 10.2. The average Bonchev–Trinajstić information content (AvgIpc) is 2.78. The van der Waals surface area contributed by atoms with Crippen LogP contribution in [0.2, 0.25) is 0 Å². The van der Waals surface area contributed by atoms with Crippen LogP contribution in [0.1, 0.15) is 48.7 Å². The number of halogens is 1. The summed E-state index contributed by atoms with van der Waals surface area (Å²) in [6.07, 6.45) is 1.65. The number of hydrogen-bond acceptors (Lipinski definition) is 5. The topological polar surface area (TPSA) is 92.8 Å². The smallest absolute Gasteiger partial charge is 0.338 e. The van der Waals surface area contributed by atoms with Gasteiger partial charge in [0.25, 0.3) is 5.91 Å². The Bertz CT molecular complexity index is 1050. The summed E-state index contributed by atoms with van der Waals surface area (Å²) in [4.78, 5) is 24.4. The van der Waals surface area contributed by atoms with Crippen molar-refractivity contribution in [2.45, 2.75) is 37.6 Å². The Labute approximate surface area is 187 Å². The van der Waals surface area contributed by atoms with E-state index in [0.29, 0.717) is 24.6 Å². The molecule has 1 aliphatic heterocycles. The van der Waals surface area contributed by atoms with E-state index < -0.39 is 28.5 Å².